The third kappa shape index (κ3) is 5.40. The summed E-state index contributed by atoms with van der Waals surface area (Å²) in [6, 6.07) is 7.67. The van der Waals surface area contributed by atoms with Crippen molar-refractivity contribution in [3.63, 3.8) is 0 Å². The number of β-amino-alcohol motifs (C(OH)–C–C–N with tert-alkyl or cyclic N) is 1. The number of rotatable bonds is 6. The summed E-state index contributed by atoms with van der Waals surface area (Å²) in [5.74, 6) is -3.44. The molecule has 0 saturated carbocycles. The lowest BCUT2D eigenvalue weighted by atomic mass is 9.77. The quantitative estimate of drug-likeness (QED) is 0.398. The molecule has 3 amide bonds. The topological polar surface area (TPSA) is 117 Å². The zero-order valence-corrected chi connectivity index (χ0v) is 25.4. The molecule has 0 aromatic heterocycles. The van der Waals surface area contributed by atoms with Gasteiger partial charge in [-0.2, -0.15) is 0 Å². The van der Waals surface area contributed by atoms with Gasteiger partial charge in [0.2, 0.25) is 17.7 Å². The minimum Gasteiger partial charge on any atom is -0.455 e. The number of nitrogens with zero attached hydrogens (tertiary/aromatic N) is 3. The average molecular weight is 594 g/mol. The van der Waals surface area contributed by atoms with Crippen LogP contribution in [-0.2, 0) is 28.7 Å². The summed E-state index contributed by atoms with van der Waals surface area (Å²) in [6.45, 7) is 5.85. The number of amides is 3. The molecule has 4 aliphatic rings. The van der Waals surface area contributed by atoms with Gasteiger partial charge in [0, 0.05) is 32.6 Å². The molecule has 4 aliphatic heterocycles. The third-order valence-corrected chi connectivity index (χ3v) is 9.54. The molecule has 1 unspecified atom stereocenters. The Hall–Kier alpha value is -3.50. The number of hydrogen-bond acceptors (Lipinski definition) is 7. The van der Waals surface area contributed by atoms with Crippen LogP contribution in [0.25, 0.3) is 0 Å². The van der Waals surface area contributed by atoms with Crippen molar-refractivity contribution in [1.82, 2.24) is 14.7 Å². The molecule has 1 spiro atoms. The van der Waals surface area contributed by atoms with E-state index in [0.29, 0.717) is 13.0 Å². The van der Waals surface area contributed by atoms with Gasteiger partial charge in [0.1, 0.15) is 23.7 Å². The molecule has 1 aromatic rings. The SMILES string of the molecule is CCCC(C)N1CC=C[C@]23O[C@@H]4/C=C\CCC(=O)N(C)[C@H](C)[C@@H](c5ccccc5)OC(=O)[C@@H]4[C@H]2C(=O)N(CCO)[C@@H]3C1=O. The molecule has 0 aliphatic carbocycles. The number of fused-ring (bicyclic) bond motifs is 2. The van der Waals surface area contributed by atoms with E-state index in [4.69, 9.17) is 9.47 Å². The van der Waals surface area contributed by atoms with Gasteiger partial charge in [0.15, 0.2) is 0 Å². The molecule has 10 heteroatoms. The van der Waals surface area contributed by atoms with Crippen LogP contribution in [0.15, 0.2) is 54.6 Å². The van der Waals surface area contributed by atoms with E-state index in [0.717, 1.165) is 18.4 Å². The van der Waals surface area contributed by atoms with Crippen LogP contribution in [0.4, 0.5) is 0 Å². The Morgan fingerprint density at radius 2 is 1.84 bits per heavy atom. The van der Waals surface area contributed by atoms with Gasteiger partial charge in [-0.05, 0) is 32.3 Å². The number of likely N-dealkylation sites (tertiary alicyclic amines) is 1. The second kappa shape index (κ2) is 12.6. The monoisotopic (exact) mass is 593 g/mol. The van der Waals surface area contributed by atoms with Crippen LogP contribution in [0.5, 0.6) is 0 Å². The molecular formula is C33H43N3O7. The van der Waals surface area contributed by atoms with Crippen LogP contribution in [0.2, 0.25) is 0 Å². The molecule has 0 bridgehead atoms. The molecule has 2 saturated heterocycles. The second-order valence-corrected chi connectivity index (χ2v) is 12.1. The maximum absolute atomic E-state index is 14.3. The molecule has 10 nitrogen and oxygen atoms in total. The average Bonchev–Trinajstić information content (AvgIpc) is 3.37. The maximum atomic E-state index is 14.3. The van der Waals surface area contributed by atoms with E-state index in [9.17, 15) is 24.3 Å². The van der Waals surface area contributed by atoms with Gasteiger partial charge in [0.25, 0.3) is 0 Å². The first-order valence-corrected chi connectivity index (χ1v) is 15.4. The Morgan fingerprint density at radius 1 is 1.09 bits per heavy atom. The summed E-state index contributed by atoms with van der Waals surface area (Å²) >= 11 is 0. The minimum atomic E-state index is -1.41. The van der Waals surface area contributed by atoms with Crippen LogP contribution >= 0.6 is 0 Å². The molecule has 0 radical (unpaired) electrons. The number of aliphatic hydroxyl groups excluding tert-OH is 1. The van der Waals surface area contributed by atoms with Crippen LogP contribution < -0.4 is 0 Å². The van der Waals surface area contributed by atoms with E-state index in [-0.39, 0.29) is 37.4 Å². The van der Waals surface area contributed by atoms with E-state index in [1.807, 2.05) is 50.3 Å². The molecule has 1 aromatic carbocycles. The Kier molecular flexibility index (Phi) is 9.08. The highest BCUT2D eigenvalue weighted by atomic mass is 16.6. The van der Waals surface area contributed by atoms with Crippen LogP contribution in [0.1, 0.15) is 58.1 Å². The fraction of sp³-hybridized carbons (Fsp3) is 0.576. The molecular weight excluding hydrogens is 550 g/mol. The van der Waals surface area contributed by atoms with E-state index in [1.54, 1.807) is 35.1 Å². The van der Waals surface area contributed by atoms with Crippen molar-refractivity contribution in [2.45, 2.75) is 82.4 Å². The lowest BCUT2D eigenvalue weighted by Crippen LogP contribution is -2.57. The molecule has 43 heavy (non-hydrogen) atoms. The maximum Gasteiger partial charge on any atom is 0.313 e. The van der Waals surface area contributed by atoms with Gasteiger partial charge < -0.3 is 29.3 Å². The van der Waals surface area contributed by atoms with Crippen LogP contribution in [0, 0.1) is 11.8 Å². The fourth-order valence-corrected chi connectivity index (χ4v) is 7.22. The number of esters is 1. The zero-order chi connectivity index (χ0) is 30.9. The minimum absolute atomic E-state index is 0.0560. The lowest BCUT2D eigenvalue weighted by Gasteiger charge is -2.37. The van der Waals surface area contributed by atoms with Gasteiger partial charge in [-0.1, -0.05) is 68.0 Å². The van der Waals surface area contributed by atoms with Crippen molar-refractivity contribution in [1.29, 1.82) is 0 Å². The lowest BCUT2D eigenvalue weighted by molar-refractivity contribution is -0.164. The number of aliphatic hydroxyl groups is 1. The smallest absolute Gasteiger partial charge is 0.313 e. The highest BCUT2D eigenvalue weighted by Crippen LogP contribution is 2.53. The molecule has 8 atom stereocenters. The first kappa shape index (κ1) is 30.9. The van der Waals surface area contributed by atoms with Gasteiger partial charge in [-0.3, -0.25) is 19.2 Å². The summed E-state index contributed by atoms with van der Waals surface area (Å²) in [5.41, 5.74) is -0.688. The van der Waals surface area contributed by atoms with Crippen molar-refractivity contribution in [3.8, 4) is 0 Å². The summed E-state index contributed by atoms with van der Waals surface area (Å²) < 4.78 is 12.9. The normalized spacial score (nSPS) is 34.5. The summed E-state index contributed by atoms with van der Waals surface area (Å²) in [5, 5.41) is 9.93. The number of cyclic esters (lactones) is 1. The van der Waals surface area contributed by atoms with Crippen molar-refractivity contribution < 1.29 is 33.8 Å². The van der Waals surface area contributed by atoms with Crippen LogP contribution in [0.3, 0.4) is 0 Å². The molecule has 4 heterocycles. The third-order valence-electron chi connectivity index (χ3n) is 9.54. The number of likely N-dealkylation sites (N-methyl/N-ethyl adjacent to an activating group) is 1. The largest absolute Gasteiger partial charge is 0.455 e. The van der Waals surface area contributed by atoms with Crippen molar-refractivity contribution in [2.24, 2.45) is 11.8 Å². The van der Waals surface area contributed by atoms with Gasteiger partial charge in [-0.25, -0.2) is 0 Å². The van der Waals surface area contributed by atoms with E-state index in [1.165, 1.54) is 4.90 Å². The number of allylic oxidation sites excluding steroid dienone is 1. The van der Waals surface area contributed by atoms with Gasteiger partial charge in [0.05, 0.1) is 24.7 Å². The number of ether oxygens (including phenoxy) is 2. The second-order valence-electron chi connectivity index (χ2n) is 12.1. The van der Waals surface area contributed by atoms with Crippen molar-refractivity contribution in [2.75, 3.05) is 26.7 Å². The van der Waals surface area contributed by atoms with E-state index < -0.39 is 53.6 Å². The predicted octanol–water partition coefficient (Wildman–Crippen LogP) is 2.63. The van der Waals surface area contributed by atoms with E-state index >= 15 is 0 Å². The molecule has 1 N–H and O–H groups in total. The summed E-state index contributed by atoms with van der Waals surface area (Å²) in [6.07, 6.45) is 7.91. The first-order valence-electron chi connectivity index (χ1n) is 15.4. The molecule has 2 fully saturated rings. The summed E-state index contributed by atoms with van der Waals surface area (Å²) in [4.78, 5) is 60.5. The van der Waals surface area contributed by atoms with E-state index in [2.05, 4.69) is 6.92 Å². The van der Waals surface area contributed by atoms with Gasteiger partial charge >= 0.3 is 5.97 Å². The first-order chi connectivity index (χ1) is 20.7. The van der Waals surface area contributed by atoms with Crippen molar-refractivity contribution in [3.05, 3.63) is 60.2 Å². The Balaban J connectivity index is 1.59. The standard InChI is InChI=1S/C33H43N3O7/c1-5-12-21(2)35-18-11-17-33-27(30(39)36(19-20-37)29(33)31(35)40)26-24(43-33)15-9-10-16-25(38)34(4)22(3)28(42-32(26)41)23-13-7-6-8-14-23/h6-9,11,13-15,17,21-22,24,26-29,37H,5,10,12,16,18-20H2,1-4H3/b15-9-/t21?,22-,24-,26+,27+,28+,29-,33+/m1/s1. The Morgan fingerprint density at radius 3 is 2.53 bits per heavy atom. The summed E-state index contributed by atoms with van der Waals surface area (Å²) in [7, 11) is 1.70. The van der Waals surface area contributed by atoms with Crippen LogP contribution in [-0.4, -0.2) is 100 Å². The van der Waals surface area contributed by atoms with Crippen molar-refractivity contribution >= 4 is 23.7 Å². The fourth-order valence-electron chi connectivity index (χ4n) is 7.22. The Bertz CT molecular complexity index is 1280. The molecule has 5 rings (SSSR count). The number of carbonyl (C=O) groups excluding carboxylic acids is 4. The van der Waals surface area contributed by atoms with Gasteiger partial charge in [-0.15, -0.1) is 0 Å². The zero-order valence-electron chi connectivity index (χ0n) is 25.4. The Labute approximate surface area is 253 Å². The highest BCUT2D eigenvalue weighted by Gasteiger charge is 2.71. The number of benzene rings is 1. The predicted molar refractivity (Wildman–Crippen MR) is 158 cm³/mol. The highest BCUT2D eigenvalue weighted by molar-refractivity contribution is 5.99. The molecule has 232 valence electrons. The number of hydrogen-bond donors (Lipinski definition) is 1. The number of carbonyl (C=O) groups is 4.